The van der Waals surface area contributed by atoms with Crippen LogP contribution in [-0.2, 0) is 16.0 Å². The fourth-order valence-electron chi connectivity index (χ4n) is 4.89. The van der Waals surface area contributed by atoms with E-state index in [0.717, 1.165) is 68.9 Å². The Labute approximate surface area is 190 Å². The third-order valence-corrected chi connectivity index (χ3v) is 7.74. The van der Waals surface area contributed by atoms with Crippen LogP contribution >= 0.6 is 11.3 Å². The summed E-state index contributed by atoms with van der Waals surface area (Å²) < 4.78 is 6.80. The zero-order chi connectivity index (χ0) is 21.3. The molecule has 2 saturated heterocycles. The van der Waals surface area contributed by atoms with Gasteiger partial charge in [0.15, 0.2) is 0 Å². The topological polar surface area (TPSA) is 45.7 Å². The van der Waals surface area contributed by atoms with E-state index in [1.165, 1.54) is 43.5 Å². The van der Waals surface area contributed by atoms with Crippen LogP contribution in [0.4, 0.5) is 0 Å². The molecule has 2 fully saturated rings. The van der Waals surface area contributed by atoms with Crippen LogP contribution in [0.3, 0.4) is 0 Å². The first-order chi connectivity index (χ1) is 15.3. The molecule has 0 aliphatic carbocycles. The van der Waals surface area contributed by atoms with Gasteiger partial charge in [0, 0.05) is 32.2 Å². The molecule has 1 aromatic carbocycles. The van der Waals surface area contributed by atoms with Gasteiger partial charge < -0.3 is 14.5 Å². The summed E-state index contributed by atoms with van der Waals surface area (Å²) in [7, 11) is 0. The quantitative estimate of drug-likeness (QED) is 0.553. The third kappa shape index (κ3) is 6.74. The average molecular weight is 444 g/mol. The summed E-state index contributed by atoms with van der Waals surface area (Å²) in [5.74, 6) is 0.323. The second kappa shape index (κ2) is 11.9. The number of ether oxygens (including phenoxy) is 1. The summed E-state index contributed by atoms with van der Waals surface area (Å²) >= 11 is 1.76. The van der Waals surface area contributed by atoms with Crippen LogP contribution in [0.15, 0.2) is 24.3 Å². The van der Waals surface area contributed by atoms with Crippen LogP contribution < -0.4 is 0 Å². The van der Waals surface area contributed by atoms with Gasteiger partial charge in [-0.25, -0.2) is 4.98 Å². The lowest BCUT2D eigenvalue weighted by atomic mass is 10.1. The highest BCUT2D eigenvalue weighted by atomic mass is 32.1. The number of amides is 1. The molecular formula is C25H37N3O2S. The summed E-state index contributed by atoms with van der Waals surface area (Å²) in [5, 5.41) is 1.15. The van der Waals surface area contributed by atoms with Crippen molar-refractivity contribution in [1.82, 2.24) is 14.8 Å². The van der Waals surface area contributed by atoms with Gasteiger partial charge in [0.25, 0.3) is 0 Å². The molecule has 170 valence electrons. The summed E-state index contributed by atoms with van der Waals surface area (Å²) in [4.78, 5) is 22.7. The maximum Gasteiger partial charge on any atom is 0.222 e. The van der Waals surface area contributed by atoms with Crippen LogP contribution in [0.1, 0.15) is 62.8 Å². The van der Waals surface area contributed by atoms with Crippen LogP contribution in [0, 0.1) is 0 Å². The molecule has 31 heavy (non-hydrogen) atoms. The number of carbonyl (C=O) groups is 1. The molecule has 5 nitrogen and oxygen atoms in total. The molecule has 0 spiro atoms. The van der Waals surface area contributed by atoms with E-state index < -0.39 is 0 Å². The predicted octanol–water partition coefficient (Wildman–Crippen LogP) is 4.89. The van der Waals surface area contributed by atoms with Crippen molar-refractivity contribution >= 4 is 27.5 Å². The van der Waals surface area contributed by atoms with Crippen molar-refractivity contribution in [3.63, 3.8) is 0 Å². The van der Waals surface area contributed by atoms with Crippen LogP contribution in [0.5, 0.6) is 0 Å². The summed E-state index contributed by atoms with van der Waals surface area (Å²) in [5.41, 5.74) is 1.08. The lowest BCUT2D eigenvalue weighted by Gasteiger charge is -2.35. The zero-order valence-electron chi connectivity index (χ0n) is 18.8. The first-order valence-electron chi connectivity index (χ1n) is 12.2. The van der Waals surface area contributed by atoms with Crippen molar-refractivity contribution in [3.05, 3.63) is 29.3 Å². The van der Waals surface area contributed by atoms with Crippen LogP contribution in [0.25, 0.3) is 10.2 Å². The Morgan fingerprint density at radius 1 is 1.10 bits per heavy atom. The number of rotatable bonds is 9. The minimum absolute atomic E-state index is 0.323. The van der Waals surface area contributed by atoms with E-state index in [0.29, 0.717) is 18.4 Å². The molecule has 1 aromatic heterocycles. The van der Waals surface area contributed by atoms with Crippen molar-refractivity contribution in [3.8, 4) is 0 Å². The second-order valence-electron chi connectivity index (χ2n) is 8.97. The molecule has 0 unspecified atom stereocenters. The largest absolute Gasteiger partial charge is 0.381 e. The molecule has 1 amide bonds. The Kier molecular flexibility index (Phi) is 8.73. The molecular weight excluding hydrogens is 406 g/mol. The number of nitrogens with zero attached hydrogens (tertiary/aromatic N) is 3. The molecule has 0 bridgehead atoms. The number of hydrogen-bond donors (Lipinski definition) is 0. The lowest BCUT2D eigenvalue weighted by Crippen LogP contribution is -2.44. The predicted molar refractivity (Wildman–Crippen MR) is 128 cm³/mol. The number of fused-ring (bicyclic) bond motifs is 1. The number of aromatic nitrogens is 1. The van der Waals surface area contributed by atoms with E-state index >= 15 is 0 Å². The van der Waals surface area contributed by atoms with Gasteiger partial charge in [-0.3, -0.25) is 4.79 Å². The van der Waals surface area contributed by atoms with Gasteiger partial charge >= 0.3 is 0 Å². The summed E-state index contributed by atoms with van der Waals surface area (Å²) in [6, 6.07) is 8.64. The van der Waals surface area contributed by atoms with Crippen molar-refractivity contribution in [2.45, 2.75) is 70.3 Å². The Morgan fingerprint density at radius 3 is 2.65 bits per heavy atom. The average Bonchev–Trinajstić information content (AvgIpc) is 3.03. The van der Waals surface area contributed by atoms with Gasteiger partial charge in [0.1, 0.15) is 0 Å². The van der Waals surface area contributed by atoms with Gasteiger partial charge in [-0.05, 0) is 76.7 Å². The Hall–Kier alpha value is -1.50. The van der Waals surface area contributed by atoms with E-state index in [2.05, 4.69) is 28.0 Å². The van der Waals surface area contributed by atoms with Crippen LogP contribution in [-0.4, -0.2) is 66.1 Å². The zero-order valence-corrected chi connectivity index (χ0v) is 19.6. The van der Waals surface area contributed by atoms with E-state index in [-0.39, 0.29) is 0 Å². The molecule has 4 rings (SSSR count). The van der Waals surface area contributed by atoms with E-state index in [1.807, 2.05) is 6.07 Å². The fraction of sp³-hybridized carbons (Fsp3) is 0.680. The normalized spacial score (nSPS) is 18.8. The highest BCUT2D eigenvalue weighted by Crippen LogP contribution is 2.23. The SMILES string of the molecule is O=C(CCCc1nc2ccccc2s1)N(CCCN1CCCCCC1)C1CCOCC1. The number of hydrogen-bond acceptors (Lipinski definition) is 5. The molecule has 2 aliphatic heterocycles. The van der Waals surface area contributed by atoms with E-state index in [4.69, 9.17) is 9.72 Å². The smallest absolute Gasteiger partial charge is 0.222 e. The maximum atomic E-state index is 13.2. The first kappa shape index (κ1) is 22.7. The molecule has 6 heteroatoms. The molecule has 0 N–H and O–H groups in total. The van der Waals surface area contributed by atoms with Crippen LogP contribution in [0.2, 0.25) is 0 Å². The minimum atomic E-state index is 0.323. The van der Waals surface area contributed by atoms with Crippen molar-refractivity contribution in [1.29, 1.82) is 0 Å². The lowest BCUT2D eigenvalue weighted by molar-refractivity contribution is -0.135. The monoisotopic (exact) mass is 443 g/mol. The number of thiazole rings is 1. The molecule has 0 radical (unpaired) electrons. The van der Waals surface area contributed by atoms with E-state index in [9.17, 15) is 4.79 Å². The first-order valence-corrected chi connectivity index (χ1v) is 13.1. The highest BCUT2D eigenvalue weighted by molar-refractivity contribution is 7.18. The summed E-state index contributed by atoms with van der Waals surface area (Å²) in [6.07, 6.45) is 10.8. The second-order valence-corrected chi connectivity index (χ2v) is 10.1. The third-order valence-electron chi connectivity index (χ3n) is 6.64. The van der Waals surface area contributed by atoms with Gasteiger partial charge in [-0.15, -0.1) is 11.3 Å². The Morgan fingerprint density at radius 2 is 1.87 bits per heavy atom. The highest BCUT2D eigenvalue weighted by Gasteiger charge is 2.25. The van der Waals surface area contributed by atoms with E-state index in [1.54, 1.807) is 11.3 Å². The molecule has 0 saturated carbocycles. The number of likely N-dealkylation sites (tertiary alicyclic amines) is 1. The number of aryl methyl sites for hydroxylation is 1. The van der Waals surface area contributed by atoms with Crippen molar-refractivity contribution in [2.75, 3.05) is 39.4 Å². The standard InChI is InChI=1S/C25H37N3O2S/c29-25(12-7-11-24-26-22-9-3-4-10-23(22)31-24)28(21-13-19-30-20-14-21)18-8-17-27-15-5-1-2-6-16-27/h3-4,9-10,21H,1-2,5-8,11-20H2. The minimum Gasteiger partial charge on any atom is -0.381 e. The van der Waals surface area contributed by atoms with Gasteiger partial charge in [-0.2, -0.15) is 0 Å². The number of benzene rings is 1. The Balaban J connectivity index is 1.27. The van der Waals surface area contributed by atoms with Crippen molar-refractivity contribution in [2.24, 2.45) is 0 Å². The molecule has 0 atom stereocenters. The number of para-hydroxylation sites is 1. The fourth-order valence-corrected chi connectivity index (χ4v) is 5.90. The van der Waals surface area contributed by atoms with Gasteiger partial charge in [0.05, 0.1) is 15.2 Å². The van der Waals surface area contributed by atoms with Gasteiger partial charge in [-0.1, -0.05) is 25.0 Å². The summed E-state index contributed by atoms with van der Waals surface area (Å²) in [6.45, 7) is 6.04. The molecule has 3 heterocycles. The number of carbonyl (C=O) groups excluding carboxylic acids is 1. The molecule has 2 aliphatic rings. The Bertz CT molecular complexity index is 777. The molecule has 2 aromatic rings. The maximum absolute atomic E-state index is 13.2. The van der Waals surface area contributed by atoms with Gasteiger partial charge in [0.2, 0.25) is 5.91 Å². The van der Waals surface area contributed by atoms with Crippen molar-refractivity contribution < 1.29 is 9.53 Å².